The molecule has 1 unspecified atom stereocenters. The number of aliphatic hydroxyl groups excluding tert-OH is 1. The number of hydrogen-bond donors (Lipinski definition) is 3. The van der Waals surface area contributed by atoms with Crippen LogP contribution < -0.4 is 10.6 Å². The SMILES string of the molecule is Cc1nc2ccccc2n1CCCNC(=O)NC(CCO)C(C)C. The van der Waals surface area contributed by atoms with Gasteiger partial charge in [0.05, 0.1) is 11.0 Å². The van der Waals surface area contributed by atoms with Gasteiger partial charge in [0.25, 0.3) is 0 Å². The molecule has 1 atom stereocenters. The number of benzene rings is 1. The molecule has 0 radical (unpaired) electrons. The van der Waals surface area contributed by atoms with Crippen molar-refractivity contribution < 1.29 is 9.90 Å². The van der Waals surface area contributed by atoms with Gasteiger partial charge < -0.3 is 20.3 Å². The van der Waals surface area contributed by atoms with Crippen molar-refractivity contribution >= 4 is 17.1 Å². The van der Waals surface area contributed by atoms with E-state index in [9.17, 15) is 4.79 Å². The summed E-state index contributed by atoms with van der Waals surface area (Å²) in [7, 11) is 0. The highest BCUT2D eigenvalue weighted by molar-refractivity contribution is 5.76. The Morgan fingerprint density at radius 1 is 1.33 bits per heavy atom. The molecule has 24 heavy (non-hydrogen) atoms. The first-order valence-electron chi connectivity index (χ1n) is 8.60. The molecule has 0 saturated heterocycles. The van der Waals surface area contributed by atoms with Gasteiger partial charge in [-0.2, -0.15) is 0 Å². The van der Waals surface area contributed by atoms with Crippen molar-refractivity contribution in [2.45, 2.75) is 46.2 Å². The number of carbonyl (C=O) groups excluding carboxylic acids is 1. The maximum absolute atomic E-state index is 12.0. The molecule has 1 aromatic carbocycles. The number of aromatic nitrogens is 2. The first-order valence-corrected chi connectivity index (χ1v) is 8.60. The fourth-order valence-corrected chi connectivity index (χ4v) is 2.85. The highest BCUT2D eigenvalue weighted by Crippen LogP contribution is 2.15. The normalized spacial score (nSPS) is 12.5. The number of fused-ring (bicyclic) bond motifs is 1. The Morgan fingerprint density at radius 3 is 2.79 bits per heavy atom. The highest BCUT2D eigenvalue weighted by atomic mass is 16.3. The van der Waals surface area contributed by atoms with Crippen molar-refractivity contribution in [3.8, 4) is 0 Å². The van der Waals surface area contributed by atoms with Gasteiger partial charge in [-0.15, -0.1) is 0 Å². The zero-order valence-electron chi connectivity index (χ0n) is 14.7. The maximum atomic E-state index is 12.0. The van der Waals surface area contributed by atoms with Crippen molar-refractivity contribution in [3.05, 3.63) is 30.1 Å². The number of amides is 2. The van der Waals surface area contributed by atoms with Crippen LogP contribution in [0.5, 0.6) is 0 Å². The molecule has 0 aliphatic carbocycles. The molecule has 1 aromatic heterocycles. The second-order valence-electron chi connectivity index (χ2n) is 6.42. The average molecular weight is 332 g/mol. The topological polar surface area (TPSA) is 79.2 Å². The number of imidazole rings is 1. The van der Waals surface area contributed by atoms with Crippen LogP contribution in [0, 0.1) is 12.8 Å². The van der Waals surface area contributed by atoms with Crippen LogP contribution in [0.15, 0.2) is 24.3 Å². The largest absolute Gasteiger partial charge is 0.396 e. The predicted octanol–water partition coefficient (Wildman–Crippen LogP) is 2.44. The molecule has 1 heterocycles. The van der Waals surface area contributed by atoms with Gasteiger partial charge in [-0.3, -0.25) is 0 Å². The van der Waals surface area contributed by atoms with Crippen LogP contribution in [0.2, 0.25) is 0 Å². The van der Waals surface area contributed by atoms with E-state index in [4.69, 9.17) is 5.11 Å². The van der Waals surface area contributed by atoms with Gasteiger partial charge >= 0.3 is 6.03 Å². The van der Waals surface area contributed by atoms with Crippen molar-refractivity contribution in [1.29, 1.82) is 0 Å². The van der Waals surface area contributed by atoms with Crippen LogP contribution in [0.4, 0.5) is 4.79 Å². The molecule has 0 aliphatic heterocycles. The van der Waals surface area contributed by atoms with Gasteiger partial charge in [0.1, 0.15) is 5.82 Å². The van der Waals surface area contributed by atoms with Gasteiger partial charge in [-0.05, 0) is 37.8 Å². The van der Waals surface area contributed by atoms with E-state index in [-0.39, 0.29) is 18.7 Å². The summed E-state index contributed by atoms with van der Waals surface area (Å²) in [6, 6.07) is 7.90. The van der Waals surface area contributed by atoms with Gasteiger partial charge in [0.15, 0.2) is 0 Å². The van der Waals surface area contributed by atoms with Crippen molar-refractivity contribution in [3.63, 3.8) is 0 Å². The molecule has 3 N–H and O–H groups in total. The molecular formula is C18H28N4O2. The summed E-state index contributed by atoms with van der Waals surface area (Å²) >= 11 is 0. The fraction of sp³-hybridized carbons (Fsp3) is 0.556. The Kier molecular flexibility index (Phi) is 6.61. The number of urea groups is 1. The Hall–Kier alpha value is -2.08. The van der Waals surface area contributed by atoms with Gasteiger partial charge in [-0.1, -0.05) is 26.0 Å². The minimum absolute atomic E-state index is 0.00478. The summed E-state index contributed by atoms with van der Waals surface area (Å²) in [6.07, 6.45) is 1.41. The van der Waals surface area contributed by atoms with E-state index in [2.05, 4.69) is 26.3 Å². The lowest BCUT2D eigenvalue weighted by Gasteiger charge is -2.21. The Morgan fingerprint density at radius 2 is 2.08 bits per heavy atom. The molecule has 2 rings (SSSR count). The summed E-state index contributed by atoms with van der Waals surface area (Å²) in [6.45, 7) is 7.57. The molecular weight excluding hydrogens is 304 g/mol. The predicted molar refractivity (Wildman–Crippen MR) is 96.0 cm³/mol. The molecule has 0 saturated carbocycles. The molecule has 2 amide bonds. The van der Waals surface area contributed by atoms with E-state index in [1.165, 1.54) is 0 Å². The number of para-hydroxylation sites is 2. The molecule has 0 spiro atoms. The minimum atomic E-state index is -0.172. The monoisotopic (exact) mass is 332 g/mol. The maximum Gasteiger partial charge on any atom is 0.315 e. The number of hydrogen-bond acceptors (Lipinski definition) is 3. The second kappa shape index (κ2) is 8.68. The number of nitrogens with one attached hydrogen (secondary N) is 2. The summed E-state index contributed by atoms with van der Waals surface area (Å²) < 4.78 is 2.18. The number of aryl methyl sites for hydroxylation is 2. The molecule has 6 nitrogen and oxygen atoms in total. The van der Waals surface area contributed by atoms with Crippen LogP contribution >= 0.6 is 0 Å². The lowest BCUT2D eigenvalue weighted by atomic mass is 10.0. The third-order valence-corrected chi connectivity index (χ3v) is 4.25. The first-order chi connectivity index (χ1) is 11.5. The van der Waals surface area contributed by atoms with Gasteiger partial charge in [-0.25, -0.2) is 9.78 Å². The van der Waals surface area contributed by atoms with Crippen LogP contribution in [0.1, 0.15) is 32.5 Å². The molecule has 2 aromatic rings. The molecule has 0 aliphatic rings. The lowest BCUT2D eigenvalue weighted by molar-refractivity contribution is 0.219. The number of aliphatic hydroxyl groups is 1. The molecule has 6 heteroatoms. The summed E-state index contributed by atoms with van der Waals surface area (Å²) in [5, 5.41) is 14.9. The molecule has 0 bridgehead atoms. The zero-order valence-corrected chi connectivity index (χ0v) is 14.7. The number of nitrogens with zero attached hydrogens (tertiary/aromatic N) is 2. The van der Waals surface area contributed by atoms with E-state index < -0.39 is 0 Å². The van der Waals surface area contributed by atoms with E-state index in [1.54, 1.807) is 0 Å². The van der Waals surface area contributed by atoms with E-state index in [1.807, 2.05) is 39.0 Å². The van der Waals surface area contributed by atoms with Crippen LogP contribution in [0.25, 0.3) is 11.0 Å². The standard InChI is InChI=1S/C18H28N4O2/c1-13(2)15(9-12-23)21-18(24)19-10-6-11-22-14(3)20-16-7-4-5-8-17(16)22/h4-5,7-8,13,15,23H,6,9-12H2,1-3H3,(H2,19,21,24). The third-order valence-electron chi connectivity index (χ3n) is 4.25. The minimum Gasteiger partial charge on any atom is -0.396 e. The molecule has 0 fully saturated rings. The van der Waals surface area contributed by atoms with E-state index >= 15 is 0 Å². The summed E-state index contributed by atoms with van der Waals surface area (Å²) in [5.41, 5.74) is 2.13. The Balaban J connectivity index is 1.80. The molecule has 132 valence electrons. The van der Waals surface area contributed by atoms with Crippen molar-refractivity contribution in [1.82, 2.24) is 20.2 Å². The zero-order chi connectivity index (χ0) is 17.5. The summed E-state index contributed by atoms with van der Waals surface area (Å²) in [4.78, 5) is 16.5. The van der Waals surface area contributed by atoms with Crippen LogP contribution in [0.3, 0.4) is 0 Å². The van der Waals surface area contributed by atoms with Crippen molar-refractivity contribution in [2.75, 3.05) is 13.2 Å². The van der Waals surface area contributed by atoms with E-state index in [0.29, 0.717) is 18.9 Å². The number of rotatable bonds is 8. The Labute approximate surface area is 143 Å². The van der Waals surface area contributed by atoms with Gasteiger partial charge in [0, 0.05) is 25.7 Å². The third kappa shape index (κ3) is 4.71. The van der Waals surface area contributed by atoms with Crippen LogP contribution in [-0.2, 0) is 6.54 Å². The highest BCUT2D eigenvalue weighted by Gasteiger charge is 2.15. The lowest BCUT2D eigenvalue weighted by Crippen LogP contribution is -2.45. The van der Waals surface area contributed by atoms with E-state index in [0.717, 1.165) is 29.8 Å². The van der Waals surface area contributed by atoms with Crippen LogP contribution in [-0.4, -0.2) is 39.9 Å². The first kappa shape index (κ1) is 18.3. The van der Waals surface area contributed by atoms with Crippen molar-refractivity contribution in [2.24, 2.45) is 5.92 Å². The van der Waals surface area contributed by atoms with Gasteiger partial charge in [0.2, 0.25) is 0 Å². The quantitative estimate of drug-likeness (QED) is 0.650. The smallest absolute Gasteiger partial charge is 0.315 e. The Bertz CT molecular complexity index is 666. The second-order valence-corrected chi connectivity index (χ2v) is 6.42. The number of carbonyl (C=O) groups is 1. The summed E-state index contributed by atoms with van der Waals surface area (Å²) in [5.74, 6) is 1.28. The fourth-order valence-electron chi connectivity index (χ4n) is 2.85. The average Bonchev–Trinajstić information content (AvgIpc) is 2.86.